The molecule has 0 atom stereocenters. The van der Waals surface area contributed by atoms with Crippen LogP contribution in [0.3, 0.4) is 0 Å². The number of carbonyl (C=O) groups excluding carboxylic acids is 1. The monoisotopic (exact) mass is 403 g/mol. The van der Waals surface area contributed by atoms with Crippen molar-refractivity contribution in [2.24, 2.45) is 4.99 Å². The van der Waals surface area contributed by atoms with E-state index < -0.39 is 10.8 Å². The van der Waals surface area contributed by atoms with E-state index in [-0.39, 0.29) is 5.69 Å². The Kier molecular flexibility index (Phi) is 6.00. The van der Waals surface area contributed by atoms with Gasteiger partial charge in [0, 0.05) is 31.8 Å². The fourth-order valence-corrected chi connectivity index (χ4v) is 3.97. The normalized spacial score (nSPS) is 12.0. The molecule has 0 saturated heterocycles. The predicted molar refractivity (Wildman–Crippen MR) is 105 cm³/mol. The third-order valence-corrected chi connectivity index (χ3v) is 5.20. The van der Waals surface area contributed by atoms with Crippen molar-refractivity contribution in [3.63, 3.8) is 0 Å². The zero-order valence-corrected chi connectivity index (χ0v) is 16.7. The maximum absolute atomic E-state index is 12.8. The smallest absolute Gasteiger partial charge is 0.297 e. The van der Waals surface area contributed by atoms with E-state index in [4.69, 9.17) is 4.74 Å². The van der Waals surface area contributed by atoms with Gasteiger partial charge in [0.2, 0.25) is 0 Å². The largest absolute Gasteiger partial charge is 0.380 e. The van der Waals surface area contributed by atoms with E-state index in [1.54, 1.807) is 16.8 Å². The second-order valence-electron chi connectivity index (χ2n) is 6.05. The zero-order valence-electron chi connectivity index (χ0n) is 15.9. The average Bonchev–Trinajstić information content (AvgIpc) is 3.21. The van der Waals surface area contributed by atoms with Crippen molar-refractivity contribution in [1.82, 2.24) is 14.3 Å². The highest BCUT2D eigenvalue weighted by atomic mass is 32.1. The Morgan fingerprint density at radius 2 is 2.14 bits per heavy atom. The highest BCUT2D eigenvalue weighted by molar-refractivity contribution is 7.16. The zero-order chi connectivity index (χ0) is 20.3. The lowest BCUT2D eigenvalue weighted by atomic mass is 10.3. The number of aromatic nitrogens is 3. The van der Waals surface area contributed by atoms with E-state index in [0.717, 1.165) is 11.2 Å². The topological polar surface area (TPSA) is 105 Å². The highest BCUT2D eigenvalue weighted by Gasteiger charge is 2.15. The number of carbonyl (C=O) groups is 1. The van der Waals surface area contributed by atoms with E-state index in [0.29, 0.717) is 41.5 Å². The van der Waals surface area contributed by atoms with Crippen molar-refractivity contribution in [2.45, 2.75) is 33.9 Å². The summed E-state index contributed by atoms with van der Waals surface area (Å²) in [5, 5.41) is 15.4. The number of nitro groups is 1. The first-order chi connectivity index (χ1) is 13.4. The van der Waals surface area contributed by atoms with Gasteiger partial charge in [0.15, 0.2) is 4.80 Å². The minimum absolute atomic E-state index is 0.00303. The predicted octanol–water partition coefficient (Wildman–Crippen LogP) is 2.91. The van der Waals surface area contributed by atoms with Crippen molar-refractivity contribution in [3.05, 3.63) is 50.6 Å². The molecule has 2 aromatic heterocycles. The summed E-state index contributed by atoms with van der Waals surface area (Å²) >= 11 is 1.24. The molecule has 1 aromatic carbocycles. The number of benzene rings is 1. The van der Waals surface area contributed by atoms with Crippen LogP contribution in [0.25, 0.3) is 10.2 Å². The summed E-state index contributed by atoms with van der Waals surface area (Å²) in [6.45, 7) is 7.72. The molecule has 148 valence electrons. The molecule has 3 rings (SSSR count). The molecule has 0 bridgehead atoms. The second-order valence-corrected chi connectivity index (χ2v) is 7.06. The number of rotatable bonds is 7. The number of hydrogen-bond donors (Lipinski definition) is 0. The van der Waals surface area contributed by atoms with Crippen LogP contribution in [0.15, 0.2) is 29.3 Å². The number of nitrogens with zero attached hydrogens (tertiary/aromatic N) is 5. The summed E-state index contributed by atoms with van der Waals surface area (Å²) < 4.78 is 9.60. The van der Waals surface area contributed by atoms with Gasteiger partial charge < -0.3 is 9.30 Å². The van der Waals surface area contributed by atoms with E-state index in [1.165, 1.54) is 23.5 Å². The Morgan fingerprint density at radius 1 is 1.36 bits per heavy atom. The van der Waals surface area contributed by atoms with Crippen LogP contribution in [0, 0.1) is 17.0 Å². The number of aryl methyl sites for hydroxylation is 2. The number of nitro benzene ring substituents is 1. The van der Waals surface area contributed by atoms with E-state index >= 15 is 0 Å². The molecule has 0 aliphatic heterocycles. The fourth-order valence-electron chi connectivity index (χ4n) is 2.88. The number of fused-ring (bicyclic) bond motifs is 1. The van der Waals surface area contributed by atoms with Gasteiger partial charge in [0.05, 0.1) is 27.4 Å². The molecular formula is C18H21N5O4S. The maximum atomic E-state index is 12.8. The van der Waals surface area contributed by atoms with Gasteiger partial charge in [-0.1, -0.05) is 11.3 Å². The van der Waals surface area contributed by atoms with E-state index in [1.807, 2.05) is 25.3 Å². The Balaban J connectivity index is 2.11. The van der Waals surface area contributed by atoms with Gasteiger partial charge in [0.1, 0.15) is 5.69 Å². The number of hydrogen-bond acceptors (Lipinski definition) is 6. The van der Waals surface area contributed by atoms with Gasteiger partial charge in [0.25, 0.3) is 11.6 Å². The first kappa shape index (κ1) is 19.9. The molecule has 9 nitrogen and oxygen atoms in total. The fraction of sp³-hybridized carbons (Fsp3) is 0.389. The maximum Gasteiger partial charge on any atom is 0.297 e. The molecule has 0 aliphatic carbocycles. The summed E-state index contributed by atoms with van der Waals surface area (Å²) in [7, 11) is 0. The van der Waals surface area contributed by atoms with Gasteiger partial charge in [-0.2, -0.15) is 10.1 Å². The van der Waals surface area contributed by atoms with Crippen molar-refractivity contribution < 1.29 is 14.5 Å². The van der Waals surface area contributed by atoms with Crippen molar-refractivity contribution in [3.8, 4) is 0 Å². The summed E-state index contributed by atoms with van der Waals surface area (Å²) in [5.74, 6) is -0.395. The molecule has 0 radical (unpaired) electrons. The molecule has 3 aromatic rings. The first-order valence-electron chi connectivity index (χ1n) is 8.93. The third-order valence-electron chi connectivity index (χ3n) is 4.16. The molecule has 0 unspecified atom stereocenters. The molecule has 10 heteroatoms. The summed E-state index contributed by atoms with van der Waals surface area (Å²) in [6.07, 6.45) is 0. The van der Waals surface area contributed by atoms with Crippen LogP contribution in [0.4, 0.5) is 5.69 Å². The molecule has 0 spiro atoms. The lowest BCUT2D eigenvalue weighted by molar-refractivity contribution is -0.384. The molecule has 0 fully saturated rings. The Hall–Kier alpha value is -2.85. The van der Waals surface area contributed by atoms with Crippen molar-refractivity contribution >= 4 is 33.1 Å². The molecule has 2 heterocycles. The van der Waals surface area contributed by atoms with Gasteiger partial charge in [-0.25, -0.2) is 0 Å². The standard InChI is InChI=1S/C18H21N5O4S/c1-4-22-15(10-12(3)20-22)17(24)19-18-21(8-9-27-5-2)14-7-6-13(23(25)26)11-16(14)28-18/h6-7,10-11H,4-5,8-9H2,1-3H3. The molecule has 0 saturated carbocycles. The van der Waals surface area contributed by atoms with Crippen molar-refractivity contribution in [2.75, 3.05) is 13.2 Å². The minimum atomic E-state index is -0.436. The van der Waals surface area contributed by atoms with Gasteiger partial charge in [-0.05, 0) is 32.9 Å². The number of amides is 1. The Morgan fingerprint density at radius 3 is 2.82 bits per heavy atom. The summed E-state index contributed by atoms with van der Waals surface area (Å²) in [5.41, 5.74) is 1.95. The lowest BCUT2D eigenvalue weighted by Crippen LogP contribution is -2.20. The average molecular weight is 403 g/mol. The quantitative estimate of drug-likeness (QED) is 0.343. The Labute approximate surface area is 165 Å². The number of ether oxygens (including phenoxy) is 1. The molecular weight excluding hydrogens is 382 g/mol. The van der Waals surface area contributed by atoms with Crippen LogP contribution >= 0.6 is 11.3 Å². The summed E-state index contributed by atoms with van der Waals surface area (Å²) in [6, 6.07) is 6.34. The van der Waals surface area contributed by atoms with Crippen LogP contribution in [0.1, 0.15) is 30.0 Å². The molecule has 0 N–H and O–H groups in total. The second kappa shape index (κ2) is 8.44. The molecule has 0 aliphatic rings. The van der Waals surface area contributed by atoms with Crippen LogP contribution in [-0.4, -0.2) is 38.4 Å². The number of thiazole rings is 1. The Bertz CT molecular complexity index is 1100. The molecule has 1 amide bonds. The highest BCUT2D eigenvalue weighted by Crippen LogP contribution is 2.23. The first-order valence-corrected chi connectivity index (χ1v) is 9.75. The summed E-state index contributed by atoms with van der Waals surface area (Å²) in [4.78, 5) is 28.2. The van der Waals surface area contributed by atoms with Gasteiger partial charge in [-0.15, -0.1) is 0 Å². The third kappa shape index (κ3) is 4.02. The van der Waals surface area contributed by atoms with Crippen LogP contribution in [0.2, 0.25) is 0 Å². The SMILES string of the molecule is CCOCCn1c(=NC(=O)c2cc(C)nn2CC)sc2cc([N+](=O)[O-])ccc21. The lowest BCUT2D eigenvalue weighted by Gasteiger charge is -2.05. The van der Waals surface area contributed by atoms with E-state index in [2.05, 4.69) is 10.1 Å². The van der Waals surface area contributed by atoms with Crippen LogP contribution in [-0.2, 0) is 17.8 Å². The minimum Gasteiger partial charge on any atom is -0.380 e. The molecule has 28 heavy (non-hydrogen) atoms. The van der Waals surface area contributed by atoms with Crippen molar-refractivity contribution in [1.29, 1.82) is 0 Å². The van der Waals surface area contributed by atoms with Gasteiger partial charge >= 0.3 is 0 Å². The van der Waals surface area contributed by atoms with Crippen LogP contribution in [0.5, 0.6) is 0 Å². The number of non-ortho nitro benzene ring substituents is 1. The van der Waals surface area contributed by atoms with E-state index in [9.17, 15) is 14.9 Å². The van der Waals surface area contributed by atoms with Crippen LogP contribution < -0.4 is 4.80 Å². The van der Waals surface area contributed by atoms with Gasteiger partial charge in [-0.3, -0.25) is 19.6 Å².